The summed E-state index contributed by atoms with van der Waals surface area (Å²) in [6, 6.07) is 6.62. The second-order valence-electron chi connectivity index (χ2n) is 6.17. The van der Waals surface area contributed by atoms with Crippen LogP contribution < -0.4 is 15.4 Å². The summed E-state index contributed by atoms with van der Waals surface area (Å²) in [6.45, 7) is 6.80. The van der Waals surface area contributed by atoms with E-state index in [1.807, 2.05) is 31.2 Å². The number of allylic oxidation sites excluding steroid dienone is 1. The van der Waals surface area contributed by atoms with Gasteiger partial charge in [0, 0.05) is 5.70 Å². The lowest BCUT2D eigenvalue weighted by Crippen LogP contribution is -2.46. The van der Waals surface area contributed by atoms with Gasteiger partial charge in [0.05, 0.1) is 24.8 Å². The molecule has 6 heteroatoms. The second-order valence-corrected chi connectivity index (χ2v) is 6.17. The van der Waals surface area contributed by atoms with Crippen molar-refractivity contribution in [3.8, 4) is 5.75 Å². The monoisotopic (exact) mass is 360 g/mol. The summed E-state index contributed by atoms with van der Waals surface area (Å²) in [6.07, 6.45) is 3.44. The second kappa shape index (κ2) is 9.85. The normalized spacial score (nSPS) is 16.7. The van der Waals surface area contributed by atoms with E-state index in [0.717, 1.165) is 30.6 Å². The van der Waals surface area contributed by atoms with Crippen LogP contribution in [0.5, 0.6) is 5.75 Å². The number of hydrogen-bond acceptors (Lipinski definition) is 4. The van der Waals surface area contributed by atoms with Crippen LogP contribution in [-0.2, 0) is 9.53 Å². The number of amides is 2. The minimum absolute atomic E-state index is 0.280. The van der Waals surface area contributed by atoms with Crippen LogP contribution in [0.3, 0.4) is 0 Å². The molecule has 2 rings (SSSR count). The molecule has 0 radical (unpaired) electrons. The van der Waals surface area contributed by atoms with Crippen molar-refractivity contribution >= 4 is 12.0 Å². The van der Waals surface area contributed by atoms with Crippen molar-refractivity contribution in [1.82, 2.24) is 10.6 Å². The van der Waals surface area contributed by atoms with Crippen LogP contribution in [0.2, 0.25) is 0 Å². The van der Waals surface area contributed by atoms with Crippen LogP contribution in [-0.4, -0.2) is 25.2 Å². The van der Waals surface area contributed by atoms with E-state index >= 15 is 0 Å². The topological polar surface area (TPSA) is 76.7 Å². The van der Waals surface area contributed by atoms with Crippen molar-refractivity contribution in [2.24, 2.45) is 0 Å². The fraction of sp³-hybridized carbons (Fsp3) is 0.500. The van der Waals surface area contributed by atoms with Crippen LogP contribution in [0.4, 0.5) is 4.79 Å². The van der Waals surface area contributed by atoms with Crippen LogP contribution in [0.1, 0.15) is 58.1 Å². The fourth-order valence-corrected chi connectivity index (χ4v) is 2.88. The van der Waals surface area contributed by atoms with E-state index in [4.69, 9.17) is 9.47 Å². The third-order valence-electron chi connectivity index (χ3n) is 4.11. The number of benzene rings is 1. The molecule has 0 saturated carbocycles. The maximum atomic E-state index is 12.6. The predicted octanol–water partition coefficient (Wildman–Crippen LogP) is 3.84. The van der Waals surface area contributed by atoms with Crippen LogP contribution in [0.25, 0.3) is 0 Å². The molecular formula is C20H28N2O4. The summed E-state index contributed by atoms with van der Waals surface area (Å²) in [5.41, 5.74) is 1.88. The Hall–Kier alpha value is -2.50. The third-order valence-corrected chi connectivity index (χ3v) is 4.11. The van der Waals surface area contributed by atoms with Gasteiger partial charge in [-0.2, -0.15) is 0 Å². The van der Waals surface area contributed by atoms with Gasteiger partial charge in [0.2, 0.25) is 0 Å². The molecule has 1 aliphatic rings. The minimum Gasteiger partial charge on any atom is -0.494 e. The zero-order chi connectivity index (χ0) is 18.9. The maximum Gasteiger partial charge on any atom is 0.338 e. The number of urea groups is 1. The highest BCUT2D eigenvalue weighted by Gasteiger charge is 2.33. The lowest BCUT2D eigenvalue weighted by atomic mass is 9.93. The molecule has 1 aromatic rings. The first-order chi connectivity index (χ1) is 12.6. The smallest absolute Gasteiger partial charge is 0.338 e. The molecule has 2 amide bonds. The summed E-state index contributed by atoms with van der Waals surface area (Å²) in [5.74, 6) is 0.315. The number of esters is 1. The van der Waals surface area contributed by atoms with Gasteiger partial charge in [-0.3, -0.25) is 0 Å². The molecule has 0 aliphatic carbocycles. The third kappa shape index (κ3) is 5.00. The first-order valence-corrected chi connectivity index (χ1v) is 9.31. The van der Waals surface area contributed by atoms with Crippen LogP contribution >= 0.6 is 0 Å². The van der Waals surface area contributed by atoms with E-state index in [2.05, 4.69) is 17.6 Å². The predicted molar refractivity (Wildman–Crippen MR) is 99.8 cm³/mol. The van der Waals surface area contributed by atoms with E-state index in [0.29, 0.717) is 24.3 Å². The van der Waals surface area contributed by atoms with Crippen LogP contribution in [0.15, 0.2) is 35.5 Å². The Morgan fingerprint density at radius 1 is 1.19 bits per heavy atom. The number of rotatable bonds is 9. The number of nitrogens with one attached hydrogen (secondary N) is 2. The highest BCUT2D eigenvalue weighted by atomic mass is 16.5. The molecule has 0 spiro atoms. The Bertz CT molecular complexity index is 670. The van der Waals surface area contributed by atoms with E-state index in [-0.39, 0.29) is 12.6 Å². The number of hydrogen-bond donors (Lipinski definition) is 2. The van der Waals surface area contributed by atoms with Gasteiger partial charge < -0.3 is 20.1 Å². The molecular weight excluding hydrogens is 332 g/mol. The zero-order valence-electron chi connectivity index (χ0n) is 15.8. The zero-order valence-corrected chi connectivity index (χ0v) is 15.8. The van der Waals surface area contributed by atoms with Gasteiger partial charge in [-0.15, -0.1) is 0 Å². The molecule has 0 bridgehead atoms. The van der Waals surface area contributed by atoms with Gasteiger partial charge in [-0.05, 0) is 37.5 Å². The maximum absolute atomic E-state index is 12.6. The quantitative estimate of drug-likeness (QED) is 0.518. The van der Waals surface area contributed by atoms with Gasteiger partial charge in [0.15, 0.2) is 0 Å². The van der Waals surface area contributed by atoms with Crippen molar-refractivity contribution in [2.45, 2.75) is 52.5 Å². The lowest BCUT2D eigenvalue weighted by Gasteiger charge is -2.29. The molecule has 1 heterocycles. The van der Waals surface area contributed by atoms with Crippen molar-refractivity contribution in [2.75, 3.05) is 13.2 Å². The number of carbonyl (C=O) groups is 2. The standard InChI is InChI=1S/C20H28N2O4/c1-4-7-12-26-15-11-8-10-14(13-15)18-17(19(23)25-6-3)16(9-5-2)21-20(24)22-18/h8,10-11,13,18H,4-7,9,12H2,1-3H3,(H2,21,22,24). The SMILES string of the molecule is CCCCOc1cccc(C2NC(=O)NC(CCC)=C2C(=O)OCC)c1. The highest BCUT2D eigenvalue weighted by molar-refractivity contribution is 5.95. The molecule has 2 N–H and O–H groups in total. The Labute approximate surface area is 154 Å². The van der Waals surface area contributed by atoms with E-state index in [1.165, 1.54) is 0 Å². The average molecular weight is 360 g/mol. The molecule has 26 heavy (non-hydrogen) atoms. The van der Waals surface area contributed by atoms with Gasteiger partial charge in [0.1, 0.15) is 5.75 Å². The molecule has 142 valence electrons. The molecule has 6 nitrogen and oxygen atoms in total. The summed E-state index contributed by atoms with van der Waals surface area (Å²) in [5, 5.41) is 5.60. The molecule has 1 atom stereocenters. The van der Waals surface area contributed by atoms with Crippen molar-refractivity contribution in [1.29, 1.82) is 0 Å². The van der Waals surface area contributed by atoms with Crippen LogP contribution in [0, 0.1) is 0 Å². The summed E-state index contributed by atoms with van der Waals surface area (Å²) < 4.78 is 11.0. The molecule has 1 unspecified atom stereocenters. The first kappa shape index (κ1) is 19.8. The molecule has 0 fully saturated rings. The Kier molecular flexibility index (Phi) is 7.51. The van der Waals surface area contributed by atoms with Crippen molar-refractivity contribution in [3.05, 3.63) is 41.1 Å². The summed E-state index contributed by atoms with van der Waals surface area (Å²) in [7, 11) is 0. The Balaban J connectivity index is 2.37. The lowest BCUT2D eigenvalue weighted by molar-refractivity contribution is -0.139. The van der Waals surface area contributed by atoms with Gasteiger partial charge in [-0.25, -0.2) is 9.59 Å². The average Bonchev–Trinajstić information content (AvgIpc) is 2.62. The van der Waals surface area contributed by atoms with Gasteiger partial charge in [0.25, 0.3) is 0 Å². The number of carbonyl (C=O) groups excluding carboxylic acids is 2. The van der Waals surface area contributed by atoms with Crippen molar-refractivity contribution < 1.29 is 19.1 Å². The summed E-state index contributed by atoms with van der Waals surface area (Å²) >= 11 is 0. The Morgan fingerprint density at radius 2 is 2.00 bits per heavy atom. The van der Waals surface area contributed by atoms with E-state index in [1.54, 1.807) is 6.92 Å². The van der Waals surface area contributed by atoms with E-state index < -0.39 is 12.0 Å². The Morgan fingerprint density at radius 3 is 2.69 bits per heavy atom. The van der Waals surface area contributed by atoms with Gasteiger partial charge >= 0.3 is 12.0 Å². The molecule has 0 saturated heterocycles. The van der Waals surface area contributed by atoms with E-state index in [9.17, 15) is 9.59 Å². The molecule has 1 aliphatic heterocycles. The largest absolute Gasteiger partial charge is 0.494 e. The number of unbranched alkanes of at least 4 members (excludes halogenated alkanes) is 1. The summed E-state index contributed by atoms with van der Waals surface area (Å²) in [4.78, 5) is 24.7. The molecule has 0 aromatic heterocycles. The molecule has 1 aromatic carbocycles. The van der Waals surface area contributed by atoms with Gasteiger partial charge in [-0.1, -0.05) is 38.8 Å². The number of ether oxygens (including phenoxy) is 2. The van der Waals surface area contributed by atoms with Crippen molar-refractivity contribution in [3.63, 3.8) is 0 Å². The minimum atomic E-state index is -0.556. The highest BCUT2D eigenvalue weighted by Crippen LogP contribution is 2.31. The first-order valence-electron chi connectivity index (χ1n) is 9.31. The fourth-order valence-electron chi connectivity index (χ4n) is 2.88.